The van der Waals surface area contributed by atoms with E-state index in [-0.39, 0.29) is 10.0 Å². The van der Waals surface area contributed by atoms with Crippen LogP contribution in [0.2, 0.25) is 0 Å². The average molecular weight is 337 g/mol. The molecule has 106 valence electrons. The minimum atomic E-state index is -1.38. The van der Waals surface area contributed by atoms with Crippen LogP contribution in [0.3, 0.4) is 0 Å². The molecule has 1 N–H and O–H groups in total. The number of hydrogen-bond acceptors (Lipinski definition) is 3. The minimum Gasteiger partial charge on any atom is -0.385 e. The molecule has 6 heteroatoms. The zero-order chi connectivity index (χ0) is 14.0. The molecule has 2 rings (SSSR count). The van der Waals surface area contributed by atoms with E-state index in [1.807, 2.05) is 0 Å². The second-order valence-corrected chi connectivity index (χ2v) is 5.40. The van der Waals surface area contributed by atoms with Crippen LogP contribution in [0.15, 0.2) is 16.6 Å². The van der Waals surface area contributed by atoms with E-state index < -0.39 is 23.3 Å². The van der Waals surface area contributed by atoms with Gasteiger partial charge >= 0.3 is 0 Å². The summed E-state index contributed by atoms with van der Waals surface area (Å²) in [4.78, 5) is 0. The van der Waals surface area contributed by atoms with Crippen LogP contribution in [0.25, 0.3) is 0 Å². The lowest BCUT2D eigenvalue weighted by Crippen LogP contribution is -2.44. The summed E-state index contributed by atoms with van der Waals surface area (Å²) in [6.07, 6.45) is -0.606. The van der Waals surface area contributed by atoms with Crippen LogP contribution < -0.4 is 0 Å². The smallest absolute Gasteiger partial charge is 0.146 e. The van der Waals surface area contributed by atoms with E-state index in [0.717, 1.165) is 6.07 Å². The van der Waals surface area contributed by atoms with Gasteiger partial charge in [-0.05, 0) is 28.1 Å². The van der Waals surface area contributed by atoms with E-state index in [2.05, 4.69) is 15.9 Å². The van der Waals surface area contributed by atoms with E-state index in [0.29, 0.717) is 26.1 Å². The molecule has 0 saturated carbocycles. The van der Waals surface area contributed by atoms with Gasteiger partial charge in [0, 0.05) is 33.2 Å². The van der Waals surface area contributed by atoms with Crippen molar-refractivity contribution >= 4 is 15.9 Å². The number of benzene rings is 1. The highest BCUT2D eigenvalue weighted by Gasteiger charge is 2.43. The van der Waals surface area contributed by atoms with Crippen molar-refractivity contribution in [1.29, 1.82) is 0 Å². The molecule has 0 aliphatic carbocycles. The van der Waals surface area contributed by atoms with Gasteiger partial charge in [0.15, 0.2) is 0 Å². The number of hydrogen-bond donors (Lipinski definition) is 1. The number of halogens is 3. The van der Waals surface area contributed by atoms with Crippen molar-refractivity contribution in [3.63, 3.8) is 0 Å². The molecule has 1 heterocycles. The van der Waals surface area contributed by atoms with Gasteiger partial charge in [-0.1, -0.05) is 0 Å². The first kappa shape index (κ1) is 14.8. The standard InChI is InChI=1S/C13H15BrF2O3/c1-18-13(4-6-19-7-5-13)12(17)10-9(15)3-2-8(14)11(10)16/h2-3,12,17H,4-7H2,1H3. The van der Waals surface area contributed by atoms with E-state index in [4.69, 9.17) is 9.47 Å². The third-order valence-electron chi connectivity index (χ3n) is 3.60. The highest BCUT2D eigenvalue weighted by Crippen LogP contribution is 2.40. The minimum absolute atomic E-state index is 0.112. The van der Waals surface area contributed by atoms with Crippen molar-refractivity contribution in [1.82, 2.24) is 0 Å². The first-order valence-electron chi connectivity index (χ1n) is 5.96. The lowest BCUT2D eigenvalue weighted by atomic mass is 9.84. The first-order chi connectivity index (χ1) is 9.02. The van der Waals surface area contributed by atoms with Gasteiger partial charge in [-0.2, -0.15) is 0 Å². The average Bonchev–Trinajstić information content (AvgIpc) is 2.44. The molecule has 0 spiro atoms. The Morgan fingerprint density at radius 3 is 2.58 bits per heavy atom. The molecule has 0 bridgehead atoms. The van der Waals surface area contributed by atoms with E-state index in [1.165, 1.54) is 13.2 Å². The van der Waals surface area contributed by atoms with Gasteiger partial charge in [0.05, 0.1) is 10.0 Å². The number of methoxy groups -OCH3 is 1. The molecular weight excluding hydrogens is 322 g/mol. The topological polar surface area (TPSA) is 38.7 Å². The molecule has 0 amide bonds. The van der Waals surface area contributed by atoms with Crippen LogP contribution in [0.1, 0.15) is 24.5 Å². The molecule has 1 atom stereocenters. The molecule has 1 aromatic carbocycles. The first-order valence-corrected chi connectivity index (χ1v) is 6.75. The zero-order valence-electron chi connectivity index (χ0n) is 10.5. The summed E-state index contributed by atoms with van der Waals surface area (Å²) in [6, 6.07) is 2.39. The third kappa shape index (κ3) is 2.67. The highest BCUT2D eigenvalue weighted by atomic mass is 79.9. The van der Waals surface area contributed by atoms with Crippen LogP contribution >= 0.6 is 15.9 Å². The summed E-state index contributed by atoms with van der Waals surface area (Å²) in [7, 11) is 1.43. The van der Waals surface area contributed by atoms with Crippen molar-refractivity contribution in [3.8, 4) is 0 Å². The zero-order valence-corrected chi connectivity index (χ0v) is 12.0. The van der Waals surface area contributed by atoms with Gasteiger partial charge in [0.2, 0.25) is 0 Å². The number of aliphatic hydroxyl groups excluding tert-OH is 1. The maximum atomic E-state index is 14.0. The van der Waals surface area contributed by atoms with Crippen molar-refractivity contribution in [3.05, 3.63) is 33.8 Å². The SMILES string of the molecule is COC1(C(O)c2c(F)ccc(Br)c2F)CCOCC1. The van der Waals surface area contributed by atoms with Crippen molar-refractivity contribution in [2.24, 2.45) is 0 Å². The van der Waals surface area contributed by atoms with E-state index in [1.54, 1.807) is 0 Å². The molecule has 19 heavy (non-hydrogen) atoms. The quantitative estimate of drug-likeness (QED) is 0.862. The Labute approximate surface area is 118 Å². The van der Waals surface area contributed by atoms with Crippen molar-refractivity contribution in [2.75, 3.05) is 20.3 Å². The fraction of sp³-hybridized carbons (Fsp3) is 0.538. The lowest BCUT2D eigenvalue weighted by molar-refractivity contribution is -0.156. The summed E-state index contributed by atoms with van der Waals surface area (Å²) < 4.78 is 38.6. The second kappa shape index (κ2) is 5.83. The normalized spacial score (nSPS) is 20.3. The van der Waals surface area contributed by atoms with Crippen LogP contribution in [-0.4, -0.2) is 31.0 Å². The van der Waals surface area contributed by atoms with Gasteiger partial charge < -0.3 is 14.6 Å². The Kier molecular flexibility index (Phi) is 4.55. The van der Waals surface area contributed by atoms with Gasteiger partial charge in [-0.25, -0.2) is 8.78 Å². The van der Waals surface area contributed by atoms with Gasteiger partial charge in [-0.3, -0.25) is 0 Å². The van der Waals surface area contributed by atoms with Crippen LogP contribution in [0.4, 0.5) is 8.78 Å². The molecule has 3 nitrogen and oxygen atoms in total. The molecule has 1 aliphatic rings. The van der Waals surface area contributed by atoms with Crippen LogP contribution in [0, 0.1) is 11.6 Å². The summed E-state index contributed by atoms with van der Waals surface area (Å²) in [5.41, 5.74) is -1.38. The predicted octanol–water partition coefficient (Wildman–Crippen LogP) is 2.96. The summed E-state index contributed by atoms with van der Waals surface area (Å²) >= 11 is 2.99. The Balaban J connectivity index is 2.42. The Bertz CT molecular complexity index is 461. The largest absolute Gasteiger partial charge is 0.385 e. The van der Waals surface area contributed by atoms with Gasteiger partial charge in [0.1, 0.15) is 23.3 Å². The molecule has 0 radical (unpaired) electrons. The lowest BCUT2D eigenvalue weighted by Gasteiger charge is -2.40. The molecule has 1 saturated heterocycles. The Hall–Kier alpha value is -0.560. The fourth-order valence-corrected chi connectivity index (χ4v) is 2.71. The van der Waals surface area contributed by atoms with Gasteiger partial charge in [0.25, 0.3) is 0 Å². The molecule has 1 unspecified atom stereocenters. The molecule has 1 aliphatic heterocycles. The predicted molar refractivity (Wildman–Crippen MR) is 68.8 cm³/mol. The number of rotatable bonds is 3. The van der Waals surface area contributed by atoms with Crippen LogP contribution in [-0.2, 0) is 9.47 Å². The Morgan fingerprint density at radius 1 is 1.37 bits per heavy atom. The fourth-order valence-electron chi connectivity index (χ4n) is 2.36. The van der Waals surface area contributed by atoms with Crippen molar-refractivity contribution in [2.45, 2.75) is 24.5 Å². The number of aliphatic hydroxyl groups is 1. The Morgan fingerprint density at radius 2 is 2.00 bits per heavy atom. The molecule has 0 aromatic heterocycles. The number of ether oxygens (including phenoxy) is 2. The van der Waals surface area contributed by atoms with Gasteiger partial charge in [-0.15, -0.1) is 0 Å². The summed E-state index contributed by atoms with van der Waals surface area (Å²) in [5.74, 6) is -1.58. The van der Waals surface area contributed by atoms with E-state index in [9.17, 15) is 13.9 Å². The molecule has 1 aromatic rings. The maximum Gasteiger partial charge on any atom is 0.146 e. The maximum absolute atomic E-state index is 14.0. The second-order valence-electron chi connectivity index (χ2n) is 4.54. The van der Waals surface area contributed by atoms with Crippen molar-refractivity contribution < 1.29 is 23.4 Å². The van der Waals surface area contributed by atoms with Crippen LogP contribution in [0.5, 0.6) is 0 Å². The van der Waals surface area contributed by atoms with E-state index >= 15 is 0 Å². The molecule has 1 fully saturated rings. The third-order valence-corrected chi connectivity index (χ3v) is 4.21. The summed E-state index contributed by atoms with van der Waals surface area (Å²) in [5, 5.41) is 10.4. The monoisotopic (exact) mass is 336 g/mol. The highest BCUT2D eigenvalue weighted by molar-refractivity contribution is 9.10. The summed E-state index contributed by atoms with van der Waals surface area (Å²) in [6.45, 7) is 0.782. The molecular formula is C13H15BrF2O3.